The first-order valence-electron chi connectivity index (χ1n) is 6.09. The minimum Gasteiger partial charge on any atom is -0.388 e. The molecule has 20 heavy (non-hydrogen) atoms. The number of nitroso groups, excluding NO2 is 1. The summed E-state index contributed by atoms with van der Waals surface area (Å²) in [4.78, 5) is 10.3. The highest BCUT2D eigenvalue weighted by Crippen LogP contribution is 2.11. The van der Waals surface area contributed by atoms with Crippen LogP contribution < -0.4 is 5.32 Å². The Morgan fingerprint density at radius 1 is 0.850 bits per heavy atom. The normalized spacial score (nSPS) is 11.1. The monoisotopic (exact) mass is 266 g/mol. The molecule has 1 N–H and O–H groups in total. The van der Waals surface area contributed by atoms with Crippen LogP contribution in [0.1, 0.15) is 11.1 Å². The topological polar surface area (TPSA) is 66.2 Å². The highest BCUT2D eigenvalue weighted by atomic mass is 16.3. The smallest absolute Gasteiger partial charge is 0.108 e. The maximum atomic E-state index is 10.3. The SMILES string of the molecule is CNc1ccc(/C=N/N=C/c2ccc(N=O)cc2)cc1. The second-order valence-electron chi connectivity index (χ2n) is 4.04. The van der Waals surface area contributed by atoms with E-state index in [9.17, 15) is 4.91 Å². The Labute approximate surface area is 117 Å². The molecule has 0 spiro atoms. The van der Waals surface area contributed by atoms with Gasteiger partial charge in [-0.2, -0.15) is 10.2 Å². The first kappa shape index (κ1) is 13.6. The van der Waals surface area contributed by atoms with Crippen molar-refractivity contribution >= 4 is 23.8 Å². The van der Waals surface area contributed by atoms with Crippen molar-refractivity contribution in [1.82, 2.24) is 0 Å². The third kappa shape index (κ3) is 3.84. The molecule has 0 bridgehead atoms. The van der Waals surface area contributed by atoms with E-state index in [4.69, 9.17) is 0 Å². The van der Waals surface area contributed by atoms with Crippen LogP contribution in [0.15, 0.2) is 63.9 Å². The zero-order chi connectivity index (χ0) is 14.2. The molecule has 0 heterocycles. The summed E-state index contributed by atoms with van der Waals surface area (Å²) < 4.78 is 0. The van der Waals surface area contributed by atoms with Gasteiger partial charge in [-0.3, -0.25) is 0 Å². The van der Waals surface area contributed by atoms with Crippen molar-refractivity contribution in [2.24, 2.45) is 15.4 Å². The van der Waals surface area contributed by atoms with Crippen LogP contribution in [0.25, 0.3) is 0 Å². The Balaban J connectivity index is 1.97. The molecule has 5 heteroatoms. The molecule has 0 aliphatic carbocycles. The van der Waals surface area contributed by atoms with Crippen molar-refractivity contribution < 1.29 is 0 Å². The zero-order valence-corrected chi connectivity index (χ0v) is 11.0. The highest BCUT2D eigenvalue weighted by molar-refractivity contribution is 5.83. The maximum Gasteiger partial charge on any atom is 0.108 e. The minimum atomic E-state index is 0.398. The second-order valence-corrected chi connectivity index (χ2v) is 4.04. The molecule has 2 aromatic rings. The van der Waals surface area contributed by atoms with E-state index in [0.717, 1.165) is 16.8 Å². The van der Waals surface area contributed by atoms with Crippen LogP contribution in [0.4, 0.5) is 11.4 Å². The number of anilines is 1. The van der Waals surface area contributed by atoms with Crippen LogP contribution in [0.2, 0.25) is 0 Å². The van der Waals surface area contributed by atoms with Gasteiger partial charge in [0.2, 0.25) is 0 Å². The predicted octanol–water partition coefficient (Wildman–Crippen LogP) is 3.58. The third-order valence-electron chi connectivity index (χ3n) is 2.68. The van der Waals surface area contributed by atoms with Gasteiger partial charge in [0.05, 0.1) is 12.4 Å². The van der Waals surface area contributed by atoms with E-state index in [0.29, 0.717) is 5.69 Å². The van der Waals surface area contributed by atoms with Gasteiger partial charge in [0.15, 0.2) is 0 Å². The van der Waals surface area contributed by atoms with E-state index in [2.05, 4.69) is 20.7 Å². The predicted molar refractivity (Wildman–Crippen MR) is 83.1 cm³/mol. The molecule has 100 valence electrons. The van der Waals surface area contributed by atoms with Gasteiger partial charge >= 0.3 is 0 Å². The molecular formula is C15H14N4O. The Kier molecular flexibility index (Phi) is 4.72. The molecule has 0 aliphatic heterocycles. The van der Waals surface area contributed by atoms with Crippen LogP contribution in [0, 0.1) is 4.91 Å². The quantitative estimate of drug-likeness (QED) is 0.510. The van der Waals surface area contributed by atoms with Crippen molar-refractivity contribution in [2.75, 3.05) is 12.4 Å². The molecule has 2 rings (SSSR count). The van der Waals surface area contributed by atoms with Gasteiger partial charge in [0, 0.05) is 12.7 Å². The Hall–Kier alpha value is -2.82. The summed E-state index contributed by atoms with van der Waals surface area (Å²) in [6, 6.07) is 14.6. The van der Waals surface area contributed by atoms with Gasteiger partial charge in [-0.25, -0.2) is 0 Å². The largest absolute Gasteiger partial charge is 0.388 e. The fourth-order valence-electron chi connectivity index (χ4n) is 1.56. The Morgan fingerprint density at radius 2 is 1.35 bits per heavy atom. The van der Waals surface area contributed by atoms with Gasteiger partial charge < -0.3 is 5.32 Å². The van der Waals surface area contributed by atoms with E-state index in [-0.39, 0.29) is 0 Å². The fraction of sp³-hybridized carbons (Fsp3) is 0.0667. The van der Waals surface area contributed by atoms with E-state index in [1.165, 1.54) is 0 Å². The molecular weight excluding hydrogens is 252 g/mol. The minimum absolute atomic E-state index is 0.398. The number of rotatable bonds is 5. The van der Waals surface area contributed by atoms with Gasteiger partial charge in [0.1, 0.15) is 5.69 Å². The van der Waals surface area contributed by atoms with Crippen LogP contribution in [0.3, 0.4) is 0 Å². The maximum absolute atomic E-state index is 10.3. The number of nitrogens with one attached hydrogen (secondary N) is 1. The highest BCUT2D eigenvalue weighted by Gasteiger charge is 1.91. The lowest BCUT2D eigenvalue weighted by Gasteiger charge is -1.98. The zero-order valence-electron chi connectivity index (χ0n) is 11.0. The lowest BCUT2D eigenvalue weighted by atomic mass is 10.2. The summed E-state index contributed by atoms with van der Waals surface area (Å²) in [5.41, 5.74) is 3.28. The van der Waals surface area contributed by atoms with Gasteiger partial charge in [-0.05, 0) is 40.6 Å². The first-order chi connectivity index (χ1) is 9.81. The standard InChI is InChI=1S/C15H14N4O/c1-16-14-6-2-12(3-7-14)10-17-18-11-13-4-8-15(19-20)9-5-13/h2-11,16H,1H3/b17-10+,18-11+. The Bertz CT molecular complexity index is 615. The van der Waals surface area contributed by atoms with E-state index in [1.54, 1.807) is 36.7 Å². The molecule has 5 nitrogen and oxygen atoms in total. The van der Waals surface area contributed by atoms with Gasteiger partial charge in [-0.1, -0.05) is 24.3 Å². The summed E-state index contributed by atoms with van der Waals surface area (Å²) in [6.07, 6.45) is 3.30. The van der Waals surface area contributed by atoms with Crippen LogP contribution in [0.5, 0.6) is 0 Å². The number of nitrogens with zero attached hydrogens (tertiary/aromatic N) is 3. The number of hydrogen-bond acceptors (Lipinski definition) is 5. The summed E-state index contributed by atoms with van der Waals surface area (Å²) >= 11 is 0. The lowest BCUT2D eigenvalue weighted by molar-refractivity contribution is 1.26. The lowest BCUT2D eigenvalue weighted by Crippen LogP contribution is -1.87. The van der Waals surface area contributed by atoms with Crippen molar-refractivity contribution in [2.45, 2.75) is 0 Å². The van der Waals surface area contributed by atoms with E-state index >= 15 is 0 Å². The molecule has 0 amide bonds. The molecule has 0 saturated heterocycles. The molecule has 0 aromatic heterocycles. The second kappa shape index (κ2) is 6.94. The van der Waals surface area contributed by atoms with Crippen molar-refractivity contribution in [3.05, 3.63) is 64.6 Å². The average Bonchev–Trinajstić information content (AvgIpc) is 2.53. The number of hydrogen-bond donors (Lipinski definition) is 1. The molecule has 0 radical (unpaired) electrons. The number of benzene rings is 2. The van der Waals surface area contributed by atoms with Gasteiger partial charge in [-0.15, -0.1) is 4.91 Å². The summed E-state index contributed by atoms with van der Waals surface area (Å²) in [7, 11) is 1.87. The summed E-state index contributed by atoms with van der Waals surface area (Å²) in [6.45, 7) is 0. The first-order valence-corrected chi connectivity index (χ1v) is 6.09. The molecule has 0 saturated carbocycles. The molecule has 0 aliphatic rings. The van der Waals surface area contributed by atoms with Crippen LogP contribution in [-0.4, -0.2) is 19.5 Å². The molecule has 0 atom stereocenters. The van der Waals surface area contributed by atoms with Crippen LogP contribution >= 0.6 is 0 Å². The van der Waals surface area contributed by atoms with E-state index < -0.39 is 0 Å². The fourth-order valence-corrected chi connectivity index (χ4v) is 1.56. The van der Waals surface area contributed by atoms with Crippen molar-refractivity contribution in [3.8, 4) is 0 Å². The van der Waals surface area contributed by atoms with Crippen LogP contribution in [-0.2, 0) is 0 Å². The van der Waals surface area contributed by atoms with Gasteiger partial charge in [0.25, 0.3) is 0 Å². The molecule has 0 fully saturated rings. The summed E-state index contributed by atoms with van der Waals surface area (Å²) in [5, 5.41) is 13.8. The third-order valence-corrected chi connectivity index (χ3v) is 2.68. The van der Waals surface area contributed by atoms with E-state index in [1.807, 2.05) is 31.3 Å². The summed E-state index contributed by atoms with van der Waals surface area (Å²) in [5.74, 6) is 0. The molecule has 0 unspecified atom stereocenters. The Morgan fingerprint density at radius 3 is 1.80 bits per heavy atom. The average molecular weight is 266 g/mol. The van der Waals surface area contributed by atoms with Crippen molar-refractivity contribution in [1.29, 1.82) is 0 Å². The molecule has 2 aromatic carbocycles. The van der Waals surface area contributed by atoms with Crippen molar-refractivity contribution in [3.63, 3.8) is 0 Å².